The summed E-state index contributed by atoms with van der Waals surface area (Å²) in [5.41, 5.74) is 0.624. The number of aliphatic carboxylic acids is 1. The number of likely N-dealkylation sites (tertiary alicyclic amines) is 1. The highest BCUT2D eigenvalue weighted by atomic mass is 16.5. The number of likely N-dealkylation sites (N-methyl/N-ethyl adjacent to an activating group) is 2. The quantitative estimate of drug-likeness (QED) is 0.127. The largest absolute Gasteiger partial charge is 0.481 e. The summed E-state index contributed by atoms with van der Waals surface area (Å²) in [7, 11) is 6.84. The highest BCUT2D eigenvalue weighted by Crippen LogP contribution is 2.32. The number of carboxylic acids is 1. The van der Waals surface area contributed by atoms with Gasteiger partial charge in [-0.3, -0.25) is 28.9 Å². The Morgan fingerprint density at radius 1 is 0.875 bits per heavy atom. The van der Waals surface area contributed by atoms with Gasteiger partial charge in [-0.25, -0.2) is 0 Å². The number of carbonyl (C=O) groups is 5. The molecule has 0 saturated carbocycles. The summed E-state index contributed by atoms with van der Waals surface area (Å²) in [6.07, 6.45) is 1.13. The van der Waals surface area contributed by atoms with E-state index in [9.17, 15) is 29.1 Å². The maximum absolute atomic E-state index is 14.5. The first-order valence-corrected chi connectivity index (χ1v) is 20.8. The van der Waals surface area contributed by atoms with Crippen molar-refractivity contribution in [3.8, 4) is 0 Å². The number of carbonyl (C=O) groups excluding carboxylic acids is 4. The van der Waals surface area contributed by atoms with Crippen molar-refractivity contribution < 1.29 is 38.6 Å². The normalized spacial score (nSPS) is 19.3. The lowest BCUT2D eigenvalue weighted by atomic mass is 9.83. The summed E-state index contributed by atoms with van der Waals surface area (Å²) in [4.78, 5) is 74.1. The molecule has 1 unspecified atom stereocenters. The van der Waals surface area contributed by atoms with Crippen LogP contribution in [0.3, 0.4) is 0 Å². The van der Waals surface area contributed by atoms with Crippen LogP contribution in [0.15, 0.2) is 30.3 Å². The van der Waals surface area contributed by atoms with Crippen molar-refractivity contribution in [3.05, 3.63) is 35.9 Å². The van der Waals surface area contributed by atoms with Crippen LogP contribution in [0.4, 0.5) is 0 Å². The van der Waals surface area contributed by atoms with E-state index >= 15 is 0 Å². The lowest BCUT2D eigenvalue weighted by molar-refractivity contribution is -0.149. The Bertz CT molecular complexity index is 1430. The number of ether oxygens (including phenoxy) is 2. The van der Waals surface area contributed by atoms with Gasteiger partial charge in [-0.1, -0.05) is 85.2 Å². The molecule has 9 atom stereocenters. The van der Waals surface area contributed by atoms with Gasteiger partial charge in [-0.15, -0.1) is 0 Å². The zero-order valence-electron chi connectivity index (χ0n) is 37.0. The Balaban J connectivity index is 2.30. The summed E-state index contributed by atoms with van der Waals surface area (Å²) in [5, 5.41) is 9.96. The van der Waals surface area contributed by atoms with Gasteiger partial charge >= 0.3 is 5.97 Å². The predicted molar refractivity (Wildman–Crippen MR) is 221 cm³/mol. The third-order valence-corrected chi connectivity index (χ3v) is 12.5. The lowest BCUT2D eigenvalue weighted by Crippen LogP contribution is -2.55. The first-order valence-electron chi connectivity index (χ1n) is 20.8. The molecule has 1 aromatic carbocycles. The van der Waals surface area contributed by atoms with E-state index in [-0.39, 0.29) is 84.4 Å². The molecule has 1 aliphatic rings. The highest BCUT2D eigenvalue weighted by molar-refractivity contribution is 5.90. The zero-order valence-corrected chi connectivity index (χ0v) is 37.0. The number of ketones is 2. The summed E-state index contributed by atoms with van der Waals surface area (Å²) in [6.45, 7) is 20.7. The Morgan fingerprint density at radius 2 is 1.48 bits per heavy atom. The van der Waals surface area contributed by atoms with E-state index in [0.717, 1.165) is 18.4 Å². The summed E-state index contributed by atoms with van der Waals surface area (Å²) in [6, 6.07) is 8.13. The minimum absolute atomic E-state index is 0.0162. The van der Waals surface area contributed by atoms with Crippen LogP contribution in [0.2, 0.25) is 0 Å². The molecule has 0 radical (unpaired) electrons. The third-order valence-electron chi connectivity index (χ3n) is 12.5. The molecule has 1 fully saturated rings. The molecule has 56 heavy (non-hydrogen) atoms. The molecule has 1 heterocycles. The van der Waals surface area contributed by atoms with Gasteiger partial charge in [0, 0.05) is 58.0 Å². The van der Waals surface area contributed by atoms with Gasteiger partial charge in [-0.05, 0) is 70.4 Å². The number of nitrogens with zero attached hydrogens (tertiary/aromatic N) is 3. The molecule has 0 bridgehead atoms. The van der Waals surface area contributed by atoms with Crippen LogP contribution in [0.5, 0.6) is 0 Å². The number of carboxylic acid groups (broad SMARTS) is 1. The average Bonchev–Trinajstić information content (AvgIpc) is 3.62. The number of benzene rings is 1. The molecule has 11 heteroatoms. The molecular weight excluding hydrogens is 711 g/mol. The summed E-state index contributed by atoms with van der Waals surface area (Å²) < 4.78 is 12.0. The van der Waals surface area contributed by atoms with E-state index < -0.39 is 42.0 Å². The summed E-state index contributed by atoms with van der Waals surface area (Å²) in [5.74, 6) is -3.57. The second kappa shape index (κ2) is 22.1. The first-order chi connectivity index (χ1) is 26.1. The fraction of sp³-hybridized carbons (Fsp3) is 0.756. The standard InChI is InChI=1S/C45H75N3O8/c1-15-30(6)41(46(11)43(52)34(28(2)3)26-37(50)40(29(4)5)47(12)45(8,9)10)38(55-13)27-39(51)48-23-19-22-35(48)42(56-14)31(7)36(49)25-33(44(53)54)24-32-20-17-16-18-21-32/h16-18,20-21,28-31,33-35,38,40-42H,15,19,22-27H2,1-14H3,(H,53,54)/t30-,31-,33?,34-,35-,38+,40-,41-,42+/m0/s1. The number of methoxy groups -OCH3 is 2. The van der Waals surface area contributed by atoms with E-state index in [1.165, 1.54) is 7.11 Å². The second-order valence-electron chi connectivity index (χ2n) is 18.0. The number of Topliss-reactive ketones (excluding diaryl/α,β-unsaturated/α-hetero) is 2. The van der Waals surface area contributed by atoms with Crippen LogP contribution < -0.4 is 0 Å². The Kier molecular flexibility index (Phi) is 19.4. The van der Waals surface area contributed by atoms with E-state index in [0.29, 0.717) is 13.0 Å². The molecule has 318 valence electrons. The molecule has 2 amide bonds. The van der Waals surface area contributed by atoms with Crippen molar-refractivity contribution in [2.24, 2.45) is 35.5 Å². The smallest absolute Gasteiger partial charge is 0.307 e. The lowest BCUT2D eigenvalue weighted by Gasteiger charge is -2.42. The average molecular weight is 786 g/mol. The predicted octanol–water partition coefficient (Wildman–Crippen LogP) is 6.80. The zero-order chi connectivity index (χ0) is 42.7. The molecule has 2 rings (SSSR count). The molecule has 0 aliphatic carbocycles. The minimum atomic E-state index is -1.02. The molecule has 1 aliphatic heterocycles. The monoisotopic (exact) mass is 786 g/mol. The molecule has 11 nitrogen and oxygen atoms in total. The molecule has 1 saturated heterocycles. The molecule has 0 aromatic heterocycles. The van der Waals surface area contributed by atoms with E-state index in [2.05, 4.69) is 39.5 Å². The van der Waals surface area contributed by atoms with E-state index in [4.69, 9.17) is 9.47 Å². The van der Waals surface area contributed by atoms with Gasteiger partial charge in [0.1, 0.15) is 5.78 Å². The van der Waals surface area contributed by atoms with Crippen LogP contribution in [-0.4, -0.2) is 120 Å². The number of amides is 2. The van der Waals surface area contributed by atoms with Crippen molar-refractivity contribution in [2.45, 2.75) is 150 Å². The van der Waals surface area contributed by atoms with Crippen molar-refractivity contribution in [3.63, 3.8) is 0 Å². The van der Waals surface area contributed by atoms with Crippen LogP contribution in [0.1, 0.15) is 113 Å². The number of rotatable bonds is 23. The van der Waals surface area contributed by atoms with Gasteiger partial charge < -0.3 is 24.4 Å². The van der Waals surface area contributed by atoms with E-state index in [1.54, 1.807) is 30.9 Å². The number of hydrogen-bond acceptors (Lipinski definition) is 8. The van der Waals surface area contributed by atoms with Gasteiger partial charge in [0.2, 0.25) is 11.8 Å². The Labute approximate surface area is 338 Å². The van der Waals surface area contributed by atoms with Crippen molar-refractivity contribution >= 4 is 29.4 Å². The van der Waals surface area contributed by atoms with Gasteiger partial charge in [0.05, 0.1) is 42.7 Å². The van der Waals surface area contributed by atoms with Crippen molar-refractivity contribution in [2.75, 3.05) is 34.9 Å². The van der Waals surface area contributed by atoms with Crippen molar-refractivity contribution in [1.29, 1.82) is 0 Å². The maximum atomic E-state index is 14.5. The maximum Gasteiger partial charge on any atom is 0.307 e. The fourth-order valence-electron chi connectivity index (χ4n) is 8.57. The first kappa shape index (κ1) is 49.0. The van der Waals surface area contributed by atoms with Crippen LogP contribution in [0, 0.1) is 35.5 Å². The molecule has 0 spiro atoms. The topological polar surface area (TPSA) is 134 Å². The number of hydrogen-bond donors (Lipinski definition) is 1. The van der Waals surface area contributed by atoms with Crippen LogP contribution in [0.25, 0.3) is 0 Å². The van der Waals surface area contributed by atoms with Crippen LogP contribution in [-0.2, 0) is 39.9 Å². The fourth-order valence-corrected chi connectivity index (χ4v) is 8.57. The molecule has 1 aromatic rings. The van der Waals surface area contributed by atoms with E-state index in [1.807, 2.05) is 65.1 Å². The Morgan fingerprint density at radius 3 is 1.96 bits per heavy atom. The molecular formula is C45H75N3O8. The highest BCUT2D eigenvalue weighted by Gasteiger charge is 2.44. The second-order valence-corrected chi connectivity index (χ2v) is 18.0. The minimum Gasteiger partial charge on any atom is -0.481 e. The van der Waals surface area contributed by atoms with Gasteiger partial charge in [0.25, 0.3) is 0 Å². The van der Waals surface area contributed by atoms with Crippen molar-refractivity contribution in [1.82, 2.24) is 14.7 Å². The van der Waals surface area contributed by atoms with Gasteiger partial charge in [0.15, 0.2) is 5.78 Å². The van der Waals surface area contributed by atoms with Gasteiger partial charge in [-0.2, -0.15) is 0 Å². The Hall–Kier alpha value is -3.15. The SMILES string of the molecule is CC[C@H](C)[C@@H]([C@@H](CC(=O)N1CCC[C@H]1[C@H](OC)[C@@H](C)C(=O)CC(Cc1ccccc1)C(=O)O)OC)N(C)C(=O)[C@@H](CC(=O)[C@H](C(C)C)N(C)C(C)(C)C)C(C)C. The van der Waals surface area contributed by atoms with Crippen LogP contribution >= 0.6 is 0 Å². The third kappa shape index (κ3) is 12.9. The molecule has 1 N–H and O–H groups in total. The summed E-state index contributed by atoms with van der Waals surface area (Å²) >= 11 is 0.